The Morgan fingerprint density at radius 3 is 2.44 bits per heavy atom. The monoisotopic (exact) mass is 509 g/mol. The Kier molecular flexibility index (Phi) is 6.73. The van der Waals surface area contributed by atoms with Crippen molar-refractivity contribution in [3.05, 3.63) is 70.9 Å². The van der Waals surface area contributed by atoms with E-state index in [1.807, 2.05) is 36.4 Å². The minimum atomic E-state index is -0.834. The lowest BCUT2D eigenvalue weighted by Crippen LogP contribution is -2.52. The maximum Gasteiger partial charge on any atom is 0.328 e. The predicted octanol–water partition coefficient (Wildman–Crippen LogP) is 3.02. The molecule has 3 aromatic rings. The first-order chi connectivity index (χ1) is 17.4. The molecule has 5 rings (SSSR count). The van der Waals surface area contributed by atoms with E-state index in [9.17, 15) is 19.5 Å². The van der Waals surface area contributed by atoms with Crippen LogP contribution in [0.5, 0.6) is 0 Å². The van der Waals surface area contributed by atoms with Gasteiger partial charge in [0.05, 0.1) is 19.3 Å². The molecule has 0 unspecified atom stereocenters. The third kappa shape index (κ3) is 4.24. The highest BCUT2D eigenvalue weighted by Crippen LogP contribution is 2.41. The number of esters is 1. The van der Waals surface area contributed by atoms with Crippen LogP contribution in [0.1, 0.15) is 46.1 Å². The van der Waals surface area contributed by atoms with Crippen LogP contribution in [0.3, 0.4) is 0 Å². The molecule has 0 bridgehead atoms. The van der Waals surface area contributed by atoms with Crippen LogP contribution in [0.25, 0.3) is 10.9 Å². The van der Waals surface area contributed by atoms with Crippen molar-refractivity contribution in [3.63, 3.8) is 0 Å². The van der Waals surface area contributed by atoms with Gasteiger partial charge in [0.15, 0.2) is 0 Å². The molecular weight excluding hydrogens is 482 g/mol. The summed E-state index contributed by atoms with van der Waals surface area (Å²) in [6.07, 6.45) is 1.09. The molecule has 3 heterocycles. The molecule has 1 saturated heterocycles. The lowest BCUT2D eigenvalue weighted by Gasteiger charge is -2.40. The molecule has 8 nitrogen and oxygen atoms in total. The van der Waals surface area contributed by atoms with Crippen LogP contribution in [-0.4, -0.2) is 75.9 Å². The van der Waals surface area contributed by atoms with E-state index in [4.69, 9.17) is 16.3 Å². The van der Waals surface area contributed by atoms with Gasteiger partial charge < -0.3 is 24.6 Å². The molecule has 1 fully saturated rings. The number of para-hydroxylation sites is 1. The Labute approximate surface area is 213 Å². The summed E-state index contributed by atoms with van der Waals surface area (Å²) < 4.78 is 5.07. The van der Waals surface area contributed by atoms with E-state index in [1.54, 1.807) is 17.0 Å². The number of H-pyrrole nitrogens is 1. The fourth-order valence-corrected chi connectivity index (χ4v) is 5.53. The maximum absolute atomic E-state index is 13.1. The second-order valence-corrected chi connectivity index (χ2v) is 9.56. The lowest BCUT2D eigenvalue weighted by molar-refractivity contribution is -0.154. The van der Waals surface area contributed by atoms with E-state index in [0.29, 0.717) is 37.9 Å². The zero-order chi connectivity index (χ0) is 25.4. The number of alkyl halides is 1. The van der Waals surface area contributed by atoms with Crippen LogP contribution in [-0.2, 0) is 20.7 Å². The molecule has 2 amide bonds. The van der Waals surface area contributed by atoms with Crippen molar-refractivity contribution in [2.24, 2.45) is 0 Å². The summed E-state index contributed by atoms with van der Waals surface area (Å²) in [7, 11) is 1.31. The average Bonchev–Trinajstić information content (AvgIpc) is 3.29. The standard InChI is InChI=1S/C27H28ClN3O5/c1-36-27(35)22-14-20-19-4-2-3-5-21(19)29-24(20)25(31(22)23(33)15-28)16-6-8-17(9-7-16)26(34)30-12-10-18(32)11-13-30/h2-9,18,22,25,29,32H,10-15H2,1H3/t22-,25+/m1/s1. The van der Waals surface area contributed by atoms with Gasteiger partial charge in [-0.15, -0.1) is 11.6 Å². The highest BCUT2D eigenvalue weighted by atomic mass is 35.5. The van der Waals surface area contributed by atoms with Crippen molar-refractivity contribution in [2.45, 2.75) is 37.5 Å². The van der Waals surface area contributed by atoms with Crippen LogP contribution in [0.2, 0.25) is 0 Å². The smallest absolute Gasteiger partial charge is 0.328 e. The van der Waals surface area contributed by atoms with Gasteiger partial charge in [-0.1, -0.05) is 30.3 Å². The first kappa shape index (κ1) is 24.3. The number of carbonyl (C=O) groups is 3. The second kappa shape index (κ2) is 9.95. The number of likely N-dealkylation sites (tertiary alicyclic amines) is 1. The van der Waals surface area contributed by atoms with Crippen molar-refractivity contribution in [1.29, 1.82) is 0 Å². The number of methoxy groups -OCH3 is 1. The number of carbonyl (C=O) groups excluding carboxylic acids is 3. The number of piperidine rings is 1. The number of hydrogen-bond acceptors (Lipinski definition) is 5. The molecule has 9 heteroatoms. The molecule has 0 saturated carbocycles. The first-order valence-corrected chi connectivity index (χ1v) is 12.6. The molecule has 2 aromatic carbocycles. The summed E-state index contributed by atoms with van der Waals surface area (Å²) in [5, 5.41) is 10.7. The third-order valence-corrected chi connectivity index (χ3v) is 7.46. The Morgan fingerprint density at radius 1 is 1.08 bits per heavy atom. The number of aromatic amines is 1. The van der Waals surface area contributed by atoms with Gasteiger partial charge in [-0.3, -0.25) is 9.59 Å². The molecule has 1 aromatic heterocycles. The Morgan fingerprint density at radius 2 is 1.78 bits per heavy atom. The molecule has 2 aliphatic heterocycles. The molecule has 2 N–H and O–H groups in total. The van der Waals surface area contributed by atoms with Crippen molar-refractivity contribution in [2.75, 3.05) is 26.1 Å². The summed E-state index contributed by atoms with van der Waals surface area (Å²) in [6, 6.07) is 13.5. The highest BCUT2D eigenvalue weighted by Gasteiger charge is 2.43. The minimum absolute atomic E-state index is 0.0930. The van der Waals surface area contributed by atoms with E-state index in [-0.39, 0.29) is 23.8 Å². The highest BCUT2D eigenvalue weighted by molar-refractivity contribution is 6.27. The normalized spacial score (nSPS) is 20.3. The van der Waals surface area contributed by atoms with E-state index in [0.717, 1.165) is 27.7 Å². The number of amides is 2. The Hall–Kier alpha value is -3.36. The quantitative estimate of drug-likeness (QED) is 0.416. The van der Waals surface area contributed by atoms with E-state index in [1.165, 1.54) is 12.0 Å². The number of halogens is 1. The van der Waals surface area contributed by atoms with Gasteiger partial charge in [0, 0.05) is 41.7 Å². The van der Waals surface area contributed by atoms with Crippen molar-refractivity contribution in [3.8, 4) is 0 Å². The maximum atomic E-state index is 13.1. The fraction of sp³-hybridized carbons (Fsp3) is 0.370. The molecule has 0 radical (unpaired) electrons. The molecule has 0 aliphatic carbocycles. The first-order valence-electron chi connectivity index (χ1n) is 12.0. The molecule has 188 valence electrons. The predicted molar refractivity (Wildman–Crippen MR) is 135 cm³/mol. The minimum Gasteiger partial charge on any atom is -0.467 e. The molecular formula is C27H28ClN3O5. The summed E-state index contributed by atoms with van der Waals surface area (Å²) >= 11 is 6.00. The molecule has 2 atom stereocenters. The van der Waals surface area contributed by atoms with Crippen LogP contribution in [0.4, 0.5) is 0 Å². The van der Waals surface area contributed by atoms with Crippen LogP contribution < -0.4 is 0 Å². The van der Waals surface area contributed by atoms with Crippen LogP contribution in [0.15, 0.2) is 48.5 Å². The Balaban J connectivity index is 1.57. The number of fused-ring (bicyclic) bond motifs is 3. The largest absolute Gasteiger partial charge is 0.467 e. The summed E-state index contributed by atoms with van der Waals surface area (Å²) in [6.45, 7) is 1.03. The number of ether oxygens (including phenoxy) is 1. The van der Waals surface area contributed by atoms with E-state index < -0.39 is 18.1 Å². The van der Waals surface area contributed by atoms with Gasteiger partial charge in [-0.05, 0) is 42.2 Å². The van der Waals surface area contributed by atoms with Crippen molar-refractivity contribution >= 4 is 40.3 Å². The zero-order valence-electron chi connectivity index (χ0n) is 19.9. The Bertz CT molecular complexity index is 1300. The average molecular weight is 510 g/mol. The number of nitrogens with zero attached hydrogens (tertiary/aromatic N) is 2. The van der Waals surface area contributed by atoms with Gasteiger partial charge in [0.1, 0.15) is 11.9 Å². The third-order valence-electron chi connectivity index (χ3n) is 7.23. The second-order valence-electron chi connectivity index (χ2n) is 9.29. The number of aromatic nitrogens is 1. The summed E-state index contributed by atoms with van der Waals surface area (Å²) in [5.74, 6) is -1.26. The number of hydrogen-bond donors (Lipinski definition) is 2. The molecule has 2 aliphatic rings. The van der Waals surface area contributed by atoms with Gasteiger partial charge in [-0.2, -0.15) is 0 Å². The van der Waals surface area contributed by atoms with Crippen molar-refractivity contribution in [1.82, 2.24) is 14.8 Å². The number of aliphatic hydroxyl groups excluding tert-OH is 1. The van der Waals surface area contributed by atoms with Crippen LogP contribution >= 0.6 is 11.6 Å². The van der Waals surface area contributed by atoms with Gasteiger partial charge in [-0.25, -0.2) is 4.79 Å². The van der Waals surface area contributed by atoms with Crippen LogP contribution in [0, 0.1) is 0 Å². The number of rotatable bonds is 4. The van der Waals surface area contributed by atoms with E-state index in [2.05, 4.69) is 4.98 Å². The molecule has 0 spiro atoms. The topological polar surface area (TPSA) is 103 Å². The summed E-state index contributed by atoms with van der Waals surface area (Å²) in [4.78, 5) is 45.7. The number of nitrogens with one attached hydrogen (secondary N) is 1. The molecule has 36 heavy (non-hydrogen) atoms. The van der Waals surface area contributed by atoms with Crippen molar-refractivity contribution < 1.29 is 24.2 Å². The van der Waals surface area contributed by atoms with Gasteiger partial charge in [0.2, 0.25) is 5.91 Å². The van der Waals surface area contributed by atoms with E-state index >= 15 is 0 Å². The van der Waals surface area contributed by atoms with Gasteiger partial charge >= 0.3 is 5.97 Å². The zero-order valence-corrected chi connectivity index (χ0v) is 20.7. The van der Waals surface area contributed by atoms with Gasteiger partial charge in [0.25, 0.3) is 5.91 Å². The summed E-state index contributed by atoms with van der Waals surface area (Å²) in [5.41, 5.74) is 3.97. The number of aliphatic hydroxyl groups is 1. The SMILES string of the molecule is COC(=O)[C@H]1Cc2c([nH]c3ccccc23)[C@H](c2ccc(C(=O)N3CCC(O)CC3)cc2)N1C(=O)CCl. The number of benzene rings is 2. The lowest BCUT2D eigenvalue weighted by atomic mass is 9.87. The fourth-order valence-electron chi connectivity index (χ4n) is 5.39.